The lowest BCUT2D eigenvalue weighted by atomic mass is 10.2. The van der Waals surface area contributed by atoms with E-state index in [1.807, 2.05) is 54.6 Å². The normalized spacial score (nSPS) is 13.8. The second-order valence-electron chi connectivity index (χ2n) is 6.36. The molecule has 7 nitrogen and oxygen atoms in total. The molecule has 3 aromatic rings. The molecule has 0 saturated carbocycles. The highest BCUT2D eigenvalue weighted by molar-refractivity contribution is 9.10. The van der Waals surface area contributed by atoms with E-state index in [-0.39, 0.29) is 0 Å². The van der Waals surface area contributed by atoms with Crippen LogP contribution in [0.3, 0.4) is 0 Å². The maximum absolute atomic E-state index is 4.58. The maximum atomic E-state index is 4.58. The summed E-state index contributed by atoms with van der Waals surface area (Å²) in [6, 6.07) is 17.7. The molecule has 1 aromatic heterocycles. The van der Waals surface area contributed by atoms with Crippen molar-refractivity contribution in [2.75, 3.05) is 28.7 Å². The van der Waals surface area contributed by atoms with Crippen molar-refractivity contribution in [3.05, 3.63) is 64.6 Å². The molecule has 0 radical (unpaired) electrons. The lowest BCUT2D eigenvalue weighted by Crippen LogP contribution is -2.21. The largest absolute Gasteiger partial charge is 0.341 e. The molecule has 142 valence electrons. The molecular formula is C20H20BrN7. The number of anilines is 4. The van der Waals surface area contributed by atoms with Gasteiger partial charge in [0.05, 0.1) is 6.21 Å². The predicted molar refractivity (Wildman–Crippen MR) is 116 cm³/mol. The van der Waals surface area contributed by atoms with Crippen LogP contribution in [0.5, 0.6) is 0 Å². The summed E-state index contributed by atoms with van der Waals surface area (Å²) < 4.78 is 0.973. The summed E-state index contributed by atoms with van der Waals surface area (Å²) in [5, 5.41) is 7.52. The highest BCUT2D eigenvalue weighted by atomic mass is 79.9. The number of para-hydroxylation sites is 1. The van der Waals surface area contributed by atoms with E-state index in [0.29, 0.717) is 17.8 Å². The standard InChI is InChI=1S/C20H20BrN7/c21-17-11-5-4-8-15(17)14-22-27-19-24-18(23-16-9-2-1-3-10-16)25-20(26-19)28-12-6-7-13-28/h1-5,8-11,14H,6-7,12-13H2,(H2,23,24,25,26,27)/b22-14-. The zero-order valence-electron chi connectivity index (χ0n) is 15.2. The summed E-state index contributed by atoms with van der Waals surface area (Å²) in [7, 11) is 0. The Morgan fingerprint density at radius 3 is 2.39 bits per heavy atom. The van der Waals surface area contributed by atoms with Gasteiger partial charge in [0.2, 0.25) is 17.8 Å². The summed E-state index contributed by atoms with van der Waals surface area (Å²) in [5.41, 5.74) is 4.81. The zero-order chi connectivity index (χ0) is 19.2. The molecule has 1 fully saturated rings. The minimum atomic E-state index is 0.402. The van der Waals surface area contributed by atoms with Gasteiger partial charge in [0.25, 0.3) is 0 Å². The average molecular weight is 438 g/mol. The zero-order valence-corrected chi connectivity index (χ0v) is 16.8. The van der Waals surface area contributed by atoms with Crippen molar-refractivity contribution in [2.45, 2.75) is 12.8 Å². The lowest BCUT2D eigenvalue weighted by Gasteiger charge is -2.16. The number of halogens is 1. The van der Waals surface area contributed by atoms with Crippen molar-refractivity contribution in [3.8, 4) is 0 Å². The molecule has 0 amide bonds. The van der Waals surface area contributed by atoms with E-state index in [9.17, 15) is 0 Å². The van der Waals surface area contributed by atoms with Gasteiger partial charge in [0, 0.05) is 28.8 Å². The quantitative estimate of drug-likeness (QED) is 0.438. The third kappa shape index (κ3) is 4.64. The van der Waals surface area contributed by atoms with E-state index < -0.39 is 0 Å². The summed E-state index contributed by atoms with van der Waals surface area (Å²) in [5.74, 6) is 1.55. The van der Waals surface area contributed by atoms with E-state index in [0.717, 1.165) is 41.7 Å². The van der Waals surface area contributed by atoms with Crippen LogP contribution in [0.2, 0.25) is 0 Å². The van der Waals surface area contributed by atoms with Crippen LogP contribution in [0.15, 0.2) is 64.2 Å². The summed E-state index contributed by atoms with van der Waals surface area (Å²) in [6.45, 7) is 1.91. The third-order valence-electron chi connectivity index (χ3n) is 4.32. The van der Waals surface area contributed by atoms with Gasteiger partial charge in [-0.05, 0) is 31.0 Å². The van der Waals surface area contributed by atoms with E-state index >= 15 is 0 Å². The highest BCUT2D eigenvalue weighted by Crippen LogP contribution is 2.21. The topological polar surface area (TPSA) is 78.3 Å². The molecule has 1 saturated heterocycles. The molecule has 8 heteroatoms. The number of benzene rings is 2. The second-order valence-corrected chi connectivity index (χ2v) is 7.21. The van der Waals surface area contributed by atoms with Gasteiger partial charge in [-0.1, -0.05) is 52.3 Å². The second kappa shape index (κ2) is 8.79. The Morgan fingerprint density at radius 2 is 1.61 bits per heavy atom. The minimum absolute atomic E-state index is 0.402. The van der Waals surface area contributed by atoms with Gasteiger partial charge in [0.1, 0.15) is 0 Å². The van der Waals surface area contributed by atoms with Crippen LogP contribution in [-0.4, -0.2) is 34.3 Å². The van der Waals surface area contributed by atoms with Gasteiger partial charge in [-0.2, -0.15) is 20.1 Å². The number of aromatic nitrogens is 3. The number of rotatable bonds is 6. The first-order valence-electron chi connectivity index (χ1n) is 9.15. The molecule has 4 rings (SSSR count). The van der Waals surface area contributed by atoms with Crippen LogP contribution in [0.4, 0.5) is 23.5 Å². The van der Waals surface area contributed by atoms with Crippen LogP contribution in [0, 0.1) is 0 Å². The van der Waals surface area contributed by atoms with Crippen molar-refractivity contribution >= 4 is 45.7 Å². The van der Waals surface area contributed by atoms with Gasteiger partial charge in [-0.25, -0.2) is 5.43 Å². The van der Waals surface area contributed by atoms with Gasteiger partial charge in [-0.3, -0.25) is 0 Å². The van der Waals surface area contributed by atoms with Crippen molar-refractivity contribution < 1.29 is 0 Å². The first-order chi connectivity index (χ1) is 13.8. The summed E-state index contributed by atoms with van der Waals surface area (Å²) in [6.07, 6.45) is 4.03. The van der Waals surface area contributed by atoms with Gasteiger partial charge < -0.3 is 10.2 Å². The van der Waals surface area contributed by atoms with E-state index in [1.165, 1.54) is 0 Å². The van der Waals surface area contributed by atoms with Gasteiger partial charge >= 0.3 is 0 Å². The van der Waals surface area contributed by atoms with Crippen LogP contribution in [0.25, 0.3) is 0 Å². The monoisotopic (exact) mass is 437 g/mol. The Morgan fingerprint density at radius 1 is 0.893 bits per heavy atom. The average Bonchev–Trinajstić information content (AvgIpc) is 3.25. The third-order valence-corrected chi connectivity index (χ3v) is 5.04. The molecular weight excluding hydrogens is 418 g/mol. The van der Waals surface area contributed by atoms with E-state index in [1.54, 1.807) is 6.21 Å². The first kappa shape index (κ1) is 18.4. The SMILES string of the molecule is Brc1ccccc1/C=N\Nc1nc(Nc2ccccc2)nc(N2CCCC2)n1. The molecule has 0 unspecified atom stereocenters. The number of hydrazone groups is 1. The van der Waals surface area contributed by atoms with Crippen molar-refractivity contribution in [3.63, 3.8) is 0 Å². The van der Waals surface area contributed by atoms with Gasteiger partial charge in [-0.15, -0.1) is 0 Å². The lowest BCUT2D eigenvalue weighted by molar-refractivity contribution is 0.883. The Labute approximate surface area is 172 Å². The Balaban J connectivity index is 1.57. The summed E-state index contributed by atoms with van der Waals surface area (Å²) in [4.78, 5) is 15.7. The van der Waals surface area contributed by atoms with Crippen molar-refractivity contribution in [1.29, 1.82) is 0 Å². The molecule has 1 aliphatic rings. The fraction of sp³-hybridized carbons (Fsp3) is 0.200. The fourth-order valence-corrected chi connectivity index (χ4v) is 3.31. The van der Waals surface area contributed by atoms with E-state index in [2.05, 4.69) is 51.6 Å². The Hall–Kier alpha value is -3.00. The van der Waals surface area contributed by atoms with E-state index in [4.69, 9.17) is 0 Å². The highest BCUT2D eigenvalue weighted by Gasteiger charge is 2.17. The molecule has 28 heavy (non-hydrogen) atoms. The Bertz CT molecular complexity index is 956. The number of nitrogens with zero attached hydrogens (tertiary/aromatic N) is 5. The van der Waals surface area contributed by atoms with Crippen molar-refractivity contribution in [2.24, 2.45) is 5.10 Å². The van der Waals surface area contributed by atoms with Crippen LogP contribution in [-0.2, 0) is 0 Å². The maximum Gasteiger partial charge on any atom is 0.250 e. The van der Waals surface area contributed by atoms with Gasteiger partial charge in [0.15, 0.2) is 0 Å². The van der Waals surface area contributed by atoms with Crippen LogP contribution >= 0.6 is 15.9 Å². The fourth-order valence-electron chi connectivity index (χ4n) is 2.92. The molecule has 2 aromatic carbocycles. The molecule has 0 bridgehead atoms. The first-order valence-corrected chi connectivity index (χ1v) is 9.94. The molecule has 0 aliphatic carbocycles. The molecule has 0 atom stereocenters. The number of hydrogen-bond donors (Lipinski definition) is 2. The number of hydrogen-bond acceptors (Lipinski definition) is 7. The molecule has 2 heterocycles. The Kier molecular flexibility index (Phi) is 5.77. The smallest absolute Gasteiger partial charge is 0.250 e. The predicted octanol–water partition coefficient (Wildman–Crippen LogP) is 4.42. The van der Waals surface area contributed by atoms with Crippen LogP contribution in [0.1, 0.15) is 18.4 Å². The minimum Gasteiger partial charge on any atom is -0.341 e. The molecule has 1 aliphatic heterocycles. The molecule has 2 N–H and O–H groups in total. The van der Waals surface area contributed by atoms with Crippen molar-refractivity contribution in [1.82, 2.24) is 15.0 Å². The summed E-state index contributed by atoms with van der Waals surface area (Å²) >= 11 is 3.51. The molecule has 0 spiro atoms. The number of nitrogens with one attached hydrogen (secondary N) is 2. The van der Waals surface area contributed by atoms with Crippen LogP contribution < -0.4 is 15.6 Å².